The third-order valence-corrected chi connectivity index (χ3v) is 4.35. The third-order valence-electron chi connectivity index (χ3n) is 4.35. The molecule has 0 radical (unpaired) electrons. The second kappa shape index (κ2) is 6.04. The summed E-state index contributed by atoms with van der Waals surface area (Å²) in [5.74, 6) is 1.01. The van der Waals surface area contributed by atoms with Crippen LogP contribution < -0.4 is 15.2 Å². The van der Waals surface area contributed by atoms with E-state index >= 15 is 0 Å². The molecule has 0 fully saturated rings. The zero-order valence-corrected chi connectivity index (χ0v) is 14.0. The SMILES string of the molecule is COc1ccc(Oc2cccc3c2C(=O)c2c(N)cccc2C3=O)cc1. The number of nitrogen functional groups attached to an aromatic ring is 1. The number of nitrogens with two attached hydrogens (primary N) is 1. The van der Waals surface area contributed by atoms with E-state index in [2.05, 4.69) is 0 Å². The summed E-state index contributed by atoms with van der Waals surface area (Å²) in [6, 6.07) is 16.9. The van der Waals surface area contributed by atoms with Gasteiger partial charge < -0.3 is 15.2 Å². The lowest BCUT2D eigenvalue weighted by atomic mass is 9.83. The first-order chi connectivity index (χ1) is 12.6. The Morgan fingerprint density at radius 1 is 0.731 bits per heavy atom. The molecule has 0 heterocycles. The molecule has 5 nitrogen and oxygen atoms in total. The molecule has 0 bridgehead atoms. The standard InChI is InChI=1S/C21H15NO4/c1-25-12-8-10-13(11-9-12)26-17-7-3-5-15-19(17)21(24)18-14(20(15)23)4-2-6-16(18)22/h2-11H,22H2,1H3. The number of carbonyl (C=O) groups is 2. The molecule has 3 aromatic rings. The van der Waals surface area contributed by atoms with Crippen LogP contribution in [0.2, 0.25) is 0 Å². The minimum Gasteiger partial charge on any atom is -0.497 e. The Labute approximate surface area is 150 Å². The molecule has 3 aromatic carbocycles. The predicted octanol–water partition coefficient (Wildman–Crippen LogP) is 3.85. The van der Waals surface area contributed by atoms with Crippen molar-refractivity contribution in [2.24, 2.45) is 0 Å². The van der Waals surface area contributed by atoms with E-state index in [1.165, 1.54) is 0 Å². The summed E-state index contributed by atoms with van der Waals surface area (Å²) in [5, 5.41) is 0. The van der Waals surface area contributed by atoms with Gasteiger partial charge in [0.2, 0.25) is 0 Å². The largest absolute Gasteiger partial charge is 0.497 e. The van der Waals surface area contributed by atoms with Gasteiger partial charge in [0.1, 0.15) is 17.2 Å². The number of hydrogen-bond donors (Lipinski definition) is 1. The van der Waals surface area contributed by atoms with Crippen LogP contribution in [0.5, 0.6) is 17.2 Å². The molecular formula is C21H15NO4. The van der Waals surface area contributed by atoms with Crippen LogP contribution in [0.4, 0.5) is 5.69 Å². The van der Waals surface area contributed by atoms with Gasteiger partial charge in [-0.3, -0.25) is 9.59 Å². The molecule has 1 aliphatic rings. The molecular weight excluding hydrogens is 330 g/mol. The van der Waals surface area contributed by atoms with Crippen molar-refractivity contribution in [2.75, 3.05) is 12.8 Å². The molecule has 0 unspecified atom stereocenters. The average Bonchev–Trinajstić information content (AvgIpc) is 2.66. The van der Waals surface area contributed by atoms with Crippen molar-refractivity contribution in [1.82, 2.24) is 0 Å². The van der Waals surface area contributed by atoms with Gasteiger partial charge in [-0.25, -0.2) is 0 Å². The van der Waals surface area contributed by atoms with Crippen LogP contribution in [-0.2, 0) is 0 Å². The molecule has 0 saturated heterocycles. The second-order valence-electron chi connectivity index (χ2n) is 5.88. The van der Waals surface area contributed by atoms with E-state index in [9.17, 15) is 9.59 Å². The highest BCUT2D eigenvalue weighted by Crippen LogP contribution is 2.37. The first-order valence-corrected chi connectivity index (χ1v) is 8.03. The van der Waals surface area contributed by atoms with Crippen LogP contribution in [0, 0.1) is 0 Å². The topological polar surface area (TPSA) is 78.6 Å². The smallest absolute Gasteiger partial charge is 0.200 e. The van der Waals surface area contributed by atoms with E-state index < -0.39 is 0 Å². The van der Waals surface area contributed by atoms with Crippen LogP contribution in [0.25, 0.3) is 0 Å². The fraction of sp³-hybridized carbons (Fsp3) is 0.0476. The number of carbonyl (C=O) groups excluding carboxylic acids is 2. The first kappa shape index (κ1) is 15.9. The summed E-state index contributed by atoms with van der Waals surface area (Å²) in [6.45, 7) is 0. The molecule has 26 heavy (non-hydrogen) atoms. The molecule has 0 aliphatic heterocycles. The van der Waals surface area contributed by atoms with Crippen LogP contribution >= 0.6 is 0 Å². The molecule has 1 aliphatic carbocycles. The highest BCUT2D eigenvalue weighted by molar-refractivity contribution is 6.30. The van der Waals surface area contributed by atoms with Gasteiger partial charge in [0.15, 0.2) is 11.6 Å². The van der Waals surface area contributed by atoms with Gasteiger partial charge in [0, 0.05) is 16.8 Å². The number of benzene rings is 3. The monoisotopic (exact) mass is 345 g/mol. The normalized spacial score (nSPS) is 12.3. The highest BCUT2D eigenvalue weighted by Gasteiger charge is 2.33. The quantitative estimate of drug-likeness (QED) is 0.571. The Balaban J connectivity index is 1.81. The number of methoxy groups -OCH3 is 1. The van der Waals surface area contributed by atoms with Crippen molar-refractivity contribution >= 4 is 17.3 Å². The minimum absolute atomic E-state index is 0.232. The number of hydrogen-bond acceptors (Lipinski definition) is 5. The Morgan fingerprint density at radius 2 is 1.35 bits per heavy atom. The van der Waals surface area contributed by atoms with Crippen molar-refractivity contribution in [1.29, 1.82) is 0 Å². The van der Waals surface area contributed by atoms with E-state index in [0.29, 0.717) is 28.4 Å². The molecule has 0 atom stereocenters. The first-order valence-electron chi connectivity index (χ1n) is 8.03. The average molecular weight is 345 g/mol. The van der Waals surface area contributed by atoms with Crippen LogP contribution in [0.15, 0.2) is 60.7 Å². The third kappa shape index (κ3) is 2.41. The van der Waals surface area contributed by atoms with Crippen LogP contribution in [0.3, 0.4) is 0 Å². The van der Waals surface area contributed by atoms with Gasteiger partial charge >= 0.3 is 0 Å². The van der Waals surface area contributed by atoms with Gasteiger partial charge in [-0.05, 0) is 36.4 Å². The molecule has 5 heteroatoms. The molecule has 0 saturated carbocycles. The number of anilines is 1. The summed E-state index contributed by atoms with van der Waals surface area (Å²) in [5.41, 5.74) is 7.35. The molecule has 4 rings (SSSR count). The van der Waals surface area contributed by atoms with Crippen LogP contribution in [-0.4, -0.2) is 18.7 Å². The van der Waals surface area contributed by atoms with E-state index in [0.717, 1.165) is 0 Å². The molecule has 128 valence electrons. The maximum absolute atomic E-state index is 13.1. The van der Waals surface area contributed by atoms with Crippen molar-refractivity contribution in [2.45, 2.75) is 0 Å². The zero-order chi connectivity index (χ0) is 18.3. The highest BCUT2D eigenvalue weighted by atomic mass is 16.5. The number of ketones is 2. The molecule has 2 N–H and O–H groups in total. The van der Waals surface area contributed by atoms with E-state index in [1.807, 2.05) is 0 Å². The number of rotatable bonds is 3. The van der Waals surface area contributed by atoms with Gasteiger partial charge in [-0.1, -0.05) is 24.3 Å². The summed E-state index contributed by atoms with van der Waals surface area (Å²) in [4.78, 5) is 25.9. The minimum atomic E-state index is -0.309. The lowest BCUT2D eigenvalue weighted by Gasteiger charge is -2.21. The zero-order valence-electron chi connectivity index (χ0n) is 14.0. The van der Waals surface area contributed by atoms with Crippen LogP contribution in [0.1, 0.15) is 31.8 Å². The fourth-order valence-corrected chi connectivity index (χ4v) is 3.09. The summed E-state index contributed by atoms with van der Waals surface area (Å²) in [6.07, 6.45) is 0. The van der Waals surface area contributed by atoms with E-state index in [4.69, 9.17) is 15.2 Å². The van der Waals surface area contributed by atoms with Gasteiger partial charge in [0.05, 0.1) is 18.2 Å². The lowest BCUT2D eigenvalue weighted by molar-refractivity contribution is 0.0977. The predicted molar refractivity (Wildman–Crippen MR) is 97.2 cm³/mol. The maximum Gasteiger partial charge on any atom is 0.200 e. The number of ether oxygens (including phenoxy) is 2. The Hall–Kier alpha value is -3.60. The molecule has 0 spiro atoms. The van der Waals surface area contributed by atoms with Crippen molar-refractivity contribution in [3.05, 3.63) is 82.9 Å². The van der Waals surface area contributed by atoms with E-state index in [-0.39, 0.29) is 28.4 Å². The Kier molecular flexibility index (Phi) is 3.69. The fourth-order valence-electron chi connectivity index (χ4n) is 3.09. The van der Waals surface area contributed by atoms with Crippen molar-refractivity contribution in [3.8, 4) is 17.2 Å². The summed E-state index contributed by atoms with van der Waals surface area (Å²) < 4.78 is 11.0. The molecule has 0 amide bonds. The molecule has 0 aromatic heterocycles. The maximum atomic E-state index is 13.1. The summed E-state index contributed by atoms with van der Waals surface area (Å²) in [7, 11) is 1.58. The number of fused-ring (bicyclic) bond motifs is 2. The van der Waals surface area contributed by atoms with Gasteiger partial charge in [-0.2, -0.15) is 0 Å². The Morgan fingerprint density at radius 3 is 2.04 bits per heavy atom. The van der Waals surface area contributed by atoms with Crippen molar-refractivity contribution in [3.63, 3.8) is 0 Å². The van der Waals surface area contributed by atoms with Crippen molar-refractivity contribution < 1.29 is 19.1 Å². The van der Waals surface area contributed by atoms with E-state index in [1.54, 1.807) is 67.8 Å². The lowest BCUT2D eigenvalue weighted by Crippen LogP contribution is -2.22. The summed E-state index contributed by atoms with van der Waals surface area (Å²) >= 11 is 0. The second-order valence-corrected chi connectivity index (χ2v) is 5.88. The van der Waals surface area contributed by atoms with Gasteiger partial charge in [-0.15, -0.1) is 0 Å². The Bertz CT molecular complexity index is 1040. The van der Waals surface area contributed by atoms with Gasteiger partial charge in [0.25, 0.3) is 0 Å².